The van der Waals surface area contributed by atoms with Gasteiger partial charge in [0, 0.05) is 6.61 Å². The van der Waals surface area contributed by atoms with Crippen LogP contribution in [-0.2, 0) is 0 Å². The van der Waals surface area contributed by atoms with Crippen molar-refractivity contribution in [3.63, 3.8) is 0 Å². The Balaban J connectivity index is 0. The van der Waals surface area contributed by atoms with Crippen LogP contribution in [0.3, 0.4) is 0 Å². The number of hydrogen-bond acceptors (Lipinski definition) is 1. The molecular formula is C10H24O. The third-order valence-corrected chi connectivity index (χ3v) is 1.92. The van der Waals surface area contributed by atoms with Gasteiger partial charge < -0.3 is 5.11 Å². The Morgan fingerprint density at radius 1 is 0.909 bits per heavy atom. The highest BCUT2D eigenvalue weighted by atomic mass is 16.3. The van der Waals surface area contributed by atoms with Crippen LogP contribution in [0.5, 0.6) is 0 Å². The number of rotatable bonds is 3. The second-order valence-electron chi connectivity index (χ2n) is 3.33. The van der Waals surface area contributed by atoms with Gasteiger partial charge in [0.2, 0.25) is 0 Å². The van der Waals surface area contributed by atoms with E-state index >= 15 is 0 Å². The highest BCUT2D eigenvalue weighted by Crippen LogP contribution is 2.18. The quantitative estimate of drug-likeness (QED) is 0.673. The van der Waals surface area contributed by atoms with E-state index in [0.29, 0.717) is 24.4 Å². The summed E-state index contributed by atoms with van der Waals surface area (Å²) in [4.78, 5) is 0. The van der Waals surface area contributed by atoms with E-state index in [1.165, 1.54) is 0 Å². The molecule has 0 aromatic carbocycles. The second-order valence-corrected chi connectivity index (χ2v) is 3.33. The average Bonchev–Trinajstić information content (AvgIpc) is 1.91. The van der Waals surface area contributed by atoms with E-state index < -0.39 is 0 Å². The fourth-order valence-electron chi connectivity index (χ4n) is 1.19. The van der Waals surface area contributed by atoms with Crippen molar-refractivity contribution in [2.45, 2.75) is 41.5 Å². The van der Waals surface area contributed by atoms with E-state index in [1.807, 2.05) is 13.8 Å². The molecule has 0 radical (unpaired) electrons. The van der Waals surface area contributed by atoms with Gasteiger partial charge >= 0.3 is 0 Å². The first-order valence-electron chi connectivity index (χ1n) is 4.70. The van der Waals surface area contributed by atoms with E-state index in [9.17, 15) is 0 Å². The van der Waals surface area contributed by atoms with Gasteiger partial charge in [-0.15, -0.1) is 0 Å². The summed E-state index contributed by atoms with van der Waals surface area (Å²) in [5.74, 6) is 1.69. The Kier molecular flexibility index (Phi) is 9.92. The maximum absolute atomic E-state index is 8.87. The van der Waals surface area contributed by atoms with Crippen LogP contribution in [-0.4, -0.2) is 11.7 Å². The summed E-state index contributed by atoms with van der Waals surface area (Å²) in [7, 11) is 0. The SMILES string of the molecule is CC.CC(C)C(CO)C(C)C. The molecule has 11 heavy (non-hydrogen) atoms. The van der Waals surface area contributed by atoms with E-state index in [4.69, 9.17) is 5.11 Å². The molecule has 0 bridgehead atoms. The monoisotopic (exact) mass is 160 g/mol. The van der Waals surface area contributed by atoms with Crippen molar-refractivity contribution in [3.05, 3.63) is 0 Å². The second kappa shape index (κ2) is 8.06. The summed E-state index contributed by atoms with van der Waals surface area (Å²) >= 11 is 0. The molecule has 1 N–H and O–H groups in total. The third kappa shape index (κ3) is 6.36. The third-order valence-electron chi connectivity index (χ3n) is 1.92. The number of aliphatic hydroxyl groups excluding tert-OH is 1. The Morgan fingerprint density at radius 3 is 1.18 bits per heavy atom. The molecular weight excluding hydrogens is 136 g/mol. The highest BCUT2D eigenvalue weighted by molar-refractivity contribution is 4.64. The van der Waals surface area contributed by atoms with Gasteiger partial charge in [-0.05, 0) is 17.8 Å². The van der Waals surface area contributed by atoms with Crippen LogP contribution in [0.2, 0.25) is 0 Å². The van der Waals surface area contributed by atoms with Gasteiger partial charge in [-0.25, -0.2) is 0 Å². The van der Waals surface area contributed by atoms with Gasteiger partial charge in [0.05, 0.1) is 0 Å². The molecule has 0 aliphatic heterocycles. The first kappa shape index (κ1) is 13.5. The van der Waals surface area contributed by atoms with Crippen LogP contribution in [0.1, 0.15) is 41.5 Å². The lowest BCUT2D eigenvalue weighted by atomic mass is 9.86. The fraction of sp³-hybridized carbons (Fsp3) is 1.00. The maximum Gasteiger partial charge on any atom is 0.0464 e. The lowest BCUT2D eigenvalue weighted by Gasteiger charge is -2.21. The van der Waals surface area contributed by atoms with Crippen molar-refractivity contribution >= 4 is 0 Å². The van der Waals surface area contributed by atoms with Crippen molar-refractivity contribution in [2.24, 2.45) is 17.8 Å². The summed E-state index contributed by atoms with van der Waals surface area (Å²) in [6.45, 7) is 12.9. The standard InChI is InChI=1S/C8H18O.C2H6/c1-6(2)8(5-9)7(3)4;1-2/h6-9H,5H2,1-4H3;1-2H3. The Morgan fingerprint density at radius 2 is 1.18 bits per heavy atom. The van der Waals surface area contributed by atoms with Crippen molar-refractivity contribution < 1.29 is 5.11 Å². The van der Waals surface area contributed by atoms with Gasteiger partial charge in [0.25, 0.3) is 0 Å². The summed E-state index contributed by atoms with van der Waals surface area (Å²) in [5, 5.41) is 8.87. The molecule has 0 aliphatic carbocycles. The molecule has 0 aliphatic rings. The van der Waals surface area contributed by atoms with Gasteiger partial charge in [-0.1, -0.05) is 41.5 Å². The molecule has 0 rings (SSSR count). The van der Waals surface area contributed by atoms with Gasteiger partial charge in [-0.3, -0.25) is 0 Å². The molecule has 0 spiro atoms. The first-order valence-corrected chi connectivity index (χ1v) is 4.70. The van der Waals surface area contributed by atoms with Crippen LogP contribution >= 0.6 is 0 Å². The lowest BCUT2D eigenvalue weighted by molar-refractivity contribution is 0.150. The minimum Gasteiger partial charge on any atom is -0.396 e. The Bertz CT molecular complexity index is 59.3. The van der Waals surface area contributed by atoms with Gasteiger partial charge in [0.1, 0.15) is 0 Å². The molecule has 0 unspecified atom stereocenters. The Hall–Kier alpha value is -0.0400. The molecule has 0 fully saturated rings. The van der Waals surface area contributed by atoms with Gasteiger partial charge in [0.15, 0.2) is 0 Å². The lowest BCUT2D eigenvalue weighted by Crippen LogP contribution is -2.19. The maximum atomic E-state index is 8.87. The molecule has 1 heteroatoms. The molecule has 0 aromatic rings. The summed E-state index contributed by atoms with van der Waals surface area (Å²) < 4.78 is 0. The van der Waals surface area contributed by atoms with Crippen LogP contribution in [0.15, 0.2) is 0 Å². The topological polar surface area (TPSA) is 20.2 Å². The van der Waals surface area contributed by atoms with Crippen LogP contribution in [0.4, 0.5) is 0 Å². The predicted octanol–water partition coefficient (Wildman–Crippen LogP) is 2.93. The minimum absolute atomic E-state index is 0.329. The zero-order valence-corrected chi connectivity index (χ0v) is 8.89. The van der Waals surface area contributed by atoms with Crippen LogP contribution < -0.4 is 0 Å². The van der Waals surface area contributed by atoms with Crippen LogP contribution in [0, 0.1) is 17.8 Å². The molecule has 70 valence electrons. The molecule has 0 aromatic heterocycles. The molecule has 0 heterocycles. The van der Waals surface area contributed by atoms with Crippen molar-refractivity contribution in [1.29, 1.82) is 0 Å². The zero-order valence-electron chi connectivity index (χ0n) is 8.89. The largest absolute Gasteiger partial charge is 0.396 e. The molecule has 0 amide bonds. The van der Waals surface area contributed by atoms with Crippen molar-refractivity contribution in [2.75, 3.05) is 6.61 Å². The smallest absolute Gasteiger partial charge is 0.0464 e. The van der Waals surface area contributed by atoms with E-state index in [1.54, 1.807) is 0 Å². The van der Waals surface area contributed by atoms with E-state index in [-0.39, 0.29) is 0 Å². The number of hydrogen-bond donors (Lipinski definition) is 1. The zero-order chi connectivity index (χ0) is 9.44. The average molecular weight is 160 g/mol. The minimum atomic E-state index is 0.329. The van der Waals surface area contributed by atoms with Gasteiger partial charge in [-0.2, -0.15) is 0 Å². The molecule has 1 nitrogen and oxygen atoms in total. The van der Waals surface area contributed by atoms with E-state index in [0.717, 1.165) is 0 Å². The normalized spacial score (nSPS) is 10.4. The molecule has 0 saturated heterocycles. The summed E-state index contributed by atoms with van der Waals surface area (Å²) in [6, 6.07) is 0. The van der Waals surface area contributed by atoms with Crippen molar-refractivity contribution in [1.82, 2.24) is 0 Å². The molecule has 0 atom stereocenters. The predicted molar refractivity (Wildman–Crippen MR) is 51.6 cm³/mol. The van der Waals surface area contributed by atoms with E-state index in [2.05, 4.69) is 27.7 Å². The number of aliphatic hydroxyl groups is 1. The fourth-order valence-corrected chi connectivity index (χ4v) is 1.19. The molecule has 0 saturated carbocycles. The Labute approximate surface area is 71.8 Å². The summed E-state index contributed by atoms with van der Waals surface area (Å²) in [6.07, 6.45) is 0. The summed E-state index contributed by atoms with van der Waals surface area (Å²) in [5.41, 5.74) is 0. The van der Waals surface area contributed by atoms with Crippen molar-refractivity contribution in [3.8, 4) is 0 Å². The first-order chi connectivity index (χ1) is 5.09. The highest BCUT2D eigenvalue weighted by Gasteiger charge is 2.15. The van der Waals surface area contributed by atoms with Crippen LogP contribution in [0.25, 0.3) is 0 Å².